The Morgan fingerprint density at radius 1 is 1.35 bits per heavy atom. The highest BCUT2D eigenvalue weighted by Gasteiger charge is 2.64. The van der Waals surface area contributed by atoms with E-state index in [1.165, 1.54) is 0 Å². The Hall–Kier alpha value is -1.10. The zero-order valence-corrected chi connectivity index (χ0v) is 11.2. The van der Waals surface area contributed by atoms with Gasteiger partial charge < -0.3 is 10.1 Å². The molecule has 96 valence electrons. The average Bonchev–Trinajstić information content (AvgIpc) is 2.50. The molecule has 0 aromatic heterocycles. The van der Waals surface area contributed by atoms with Gasteiger partial charge in [-0.3, -0.25) is 15.1 Å². The van der Waals surface area contributed by atoms with E-state index in [-0.39, 0.29) is 11.5 Å². The summed E-state index contributed by atoms with van der Waals surface area (Å²) in [6, 6.07) is 0. The van der Waals surface area contributed by atoms with Crippen molar-refractivity contribution in [3.63, 3.8) is 0 Å². The van der Waals surface area contributed by atoms with Gasteiger partial charge in [-0.2, -0.15) is 0 Å². The molecule has 1 atom stereocenters. The van der Waals surface area contributed by atoms with Crippen LogP contribution in [-0.2, 0) is 9.53 Å². The lowest BCUT2D eigenvalue weighted by atomic mass is 9.79. The van der Waals surface area contributed by atoms with Crippen molar-refractivity contribution >= 4 is 11.9 Å². The first-order valence-corrected chi connectivity index (χ1v) is 6.07. The highest BCUT2D eigenvalue weighted by Crippen LogP contribution is 2.46. The van der Waals surface area contributed by atoms with Gasteiger partial charge in [-0.05, 0) is 34.6 Å². The number of hydrogen-bond donors (Lipinski definition) is 2. The number of nitrogens with zero attached hydrogens (tertiary/aromatic N) is 1. The van der Waals surface area contributed by atoms with Crippen molar-refractivity contribution in [3.05, 3.63) is 0 Å². The highest BCUT2D eigenvalue weighted by molar-refractivity contribution is 6.10. The SMILES string of the molecule is CCN=C1NC(=O)C2(CC(C)(C)OC2(C)C)N1. The van der Waals surface area contributed by atoms with Crippen LogP contribution < -0.4 is 10.6 Å². The number of hydrogen-bond acceptors (Lipinski definition) is 3. The second-order valence-electron chi connectivity index (χ2n) is 5.86. The maximum atomic E-state index is 12.3. The second kappa shape index (κ2) is 3.45. The predicted molar refractivity (Wildman–Crippen MR) is 65.8 cm³/mol. The summed E-state index contributed by atoms with van der Waals surface area (Å²) >= 11 is 0. The Kier molecular flexibility index (Phi) is 2.51. The quantitative estimate of drug-likeness (QED) is 0.711. The third-order valence-electron chi connectivity index (χ3n) is 3.52. The first kappa shape index (κ1) is 12.4. The number of rotatable bonds is 1. The summed E-state index contributed by atoms with van der Waals surface area (Å²) in [5.41, 5.74) is -1.56. The van der Waals surface area contributed by atoms with Crippen LogP contribution in [0, 0.1) is 0 Å². The van der Waals surface area contributed by atoms with E-state index in [0.29, 0.717) is 18.9 Å². The molecule has 0 radical (unpaired) electrons. The smallest absolute Gasteiger partial charge is 0.255 e. The molecular formula is C12H21N3O2. The van der Waals surface area contributed by atoms with Crippen LogP contribution in [-0.4, -0.2) is 35.2 Å². The number of nitrogens with one attached hydrogen (secondary N) is 2. The van der Waals surface area contributed by atoms with Gasteiger partial charge in [-0.25, -0.2) is 0 Å². The molecule has 2 aliphatic rings. The normalized spacial score (nSPS) is 36.3. The van der Waals surface area contributed by atoms with Gasteiger partial charge >= 0.3 is 0 Å². The molecule has 1 unspecified atom stereocenters. The fourth-order valence-electron chi connectivity index (χ4n) is 2.96. The zero-order valence-electron chi connectivity index (χ0n) is 11.2. The van der Waals surface area contributed by atoms with Crippen LogP contribution in [0.5, 0.6) is 0 Å². The van der Waals surface area contributed by atoms with Crippen molar-refractivity contribution in [1.82, 2.24) is 10.6 Å². The van der Waals surface area contributed by atoms with Crippen LogP contribution in [0.15, 0.2) is 4.99 Å². The number of carbonyl (C=O) groups is 1. The van der Waals surface area contributed by atoms with Gasteiger partial charge in [0.2, 0.25) is 0 Å². The molecule has 0 aliphatic carbocycles. The van der Waals surface area contributed by atoms with E-state index in [9.17, 15) is 4.79 Å². The number of carbonyl (C=O) groups excluding carboxylic acids is 1. The van der Waals surface area contributed by atoms with Crippen molar-refractivity contribution in [3.8, 4) is 0 Å². The number of amides is 1. The molecule has 2 aliphatic heterocycles. The topological polar surface area (TPSA) is 62.7 Å². The summed E-state index contributed by atoms with van der Waals surface area (Å²) in [5, 5.41) is 6.03. The molecule has 0 aromatic carbocycles. The molecular weight excluding hydrogens is 218 g/mol. The third kappa shape index (κ3) is 1.73. The van der Waals surface area contributed by atoms with Crippen molar-refractivity contribution in [2.24, 2.45) is 4.99 Å². The van der Waals surface area contributed by atoms with Crippen LogP contribution in [0.2, 0.25) is 0 Å². The maximum Gasteiger partial charge on any atom is 0.255 e. The van der Waals surface area contributed by atoms with E-state index in [4.69, 9.17) is 4.74 Å². The molecule has 0 bridgehead atoms. The molecule has 1 spiro atoms. The lowest BCUT2D eigenvalue weighted by Crippen LogP contribution is -2.59. The van der Waals surface area contributed by atoms with Gasteiger partial charge in [0.05, 0.1) is 11.2 Å². The largest absolute Gasteiger partial charge is 0.367 e. The van der Waals surface area contributed by atoms with E-state index in [2.05, 4.69) is 15.6 Å². The van der Waals surface area contributed by atoms with Gasteiger partial charge in [0.25, 0.3) is 5.91 Å². The Balaban J connectivity index is 2.37. The van der Waals surface area contributed by atoms with Crippen LogP contribution in [0.3, 0.4) is 0 Å². The Morgan fingerprint density at radius 2 is 2.00 bits per heavy atom. The summed E-state index contributed by atoms with van der Waals surface area (Å²) < 4.78 is 5.99. The molecule has 2 fully saturated rings. The summed E-state index contributed by atoms with van der Waals surface area (Å²) in [6.45, 7) is 10.5. The minimum Gasteiger partial charge on any atom is -0.367 e. The third-order valence-corrected chi connectivity index (χ3v) is 3.52. The van der Waals surface area contributed by atoms with E-state index >= 15 is 0 Å². The van der Waals surface area contributed by atoms with E-state index in [1.807, 2.05) is 34.6 Å². The molecule has 5 nitrogen and oxygen atoms in total. The van der Waals surface area contributed by atoms with Crippen LogP contribution in [0.1, 0.15) is 41.0 Å². The summed E-state index contributed by atoms with van der Waals surface area (Å²) in [5.74, 6) is 0.521. The molecule has 0 aromatic rings. The summed E-state index contributed by atoms with van der Waals surface area (Å²) in [4.78, 5) is 16.5. The van der Waals surface area contributed by atoms with Gasteiger partial charge in [0.15, 0.2) is 11.5 Å². The van der Waals surface area contributed by atoms with Crippen molar-refractivity contribution in [2.75, 3.05) is 6.54 Å². The molecule has 17 heavy (non-hydrogen) atoms. The van der Waals surface area contributed by atoms with Gasteiger partial charge in [0, 0.05) is 13.0 Å². The molecule has 2 rings (SSSR count). The van der Waals surface area contributed by atoms with Crippen molar-refractivity contribution < 1.29 is 9.53 Å². The fourth-order valence-corrected chi connectivity index (χ4v) is 2.96. The lowest BCUT2D eigenvalue weighted by Gasteiger charge is -2.33. The Labute approximate surface area is 102 Å². The summed E-state index contributed by atoms with van der Waals surface area (Å²) in [7, 11) is 0. The number of ether oxygens (including phenoxy) is 1. The summed E-state index contributed by atoms with van der Waals surface area (Å²) in [6.07, 6.45) is 0.640. The van der Waals surface area contributed by atoms with Crippen LogP contribution >= 0.6 is 0 Å². The first-order chi connectivity index (χ1) is 7.72. The number of guanidine groups is 1. The maximum absolute atomic E-state index is 12.3. The lowest BCUT2D eigenvalue weighted by molar-refractivity contribution is -0.131. The fraction of sp³-hybridized carbons (Fsp3) is 0.833. The zero-order chi connectivity index (χ0) is 12.9. The van der Waals surface area contributed by atoms with Gasteiger partial charge in [0.1, 0.15) is 0 Å². The number of aliphatic imine (C=N–C) groups is 1. The van der Waals surface area contributed by atoms with Crippen LogP contribution in [0.4, 0.5) is 0 Å². The first-order valence-electron chi connectivity index (χ1n) is 6.07. The Bertz CT molecular complexity index is 387. The minimum absolute atomic E-state index is 0.0414. The molecule has 0 saturated carbocycles. The molecule has 5 heteroatoms. The Morgan fingerprint density at radius 3 is 2.47 bits per heavy atom. The average molecular weight is 239 g/mol. The van der Waals surface area contributed by atoms with E-state index in [1.54, 1.807) is 0 Å². The molecule has 2 heterocycles. The van der Waals surface area contributed by atoms with Crippen molar-refractivity contribution in [1.29, 1.82) is 0 Å². The van der Waals surface area contributed by atoms with Gasteiger partial charge in [-0.15, -0.1) is 0 Å². The molecule has 2 saturated heterocycles. The monoisotopic (exact) mass is 239 g/mol. The van der Waals surface area contributed by atoms with E-state index < -0.39 is 11.1 Å². The standard InChI is InChI=1S/C12H21N3O2/c1-6-13-9-14-8(16)12(15-9)7-10(2,3)17-11(12,4)5/h6-7H2,1-5H3,(H2,13,14,15,16). The van der Waals surface area contributed by atoms with Gasteiger partial charge in [-0.1, -0.05) is 0 Å². The second-order valence-corrected chi connectivity index (χ2v) is 5.86. The predicted octanol–water partition coefficient (Wildman–Crippen LogP) is 0.798. The van der Waals surface area contributed by atoms with E-state index in [0.717, 1.165) is 0 Å². The van der Waals surface area contributed by atoms with Crippen LogP contribution in [0.25, 0.3) is 0 Å². The molecule has 1 amide bonds. The minimum atomic E-state index is -0.704. The molecule has 2 N–H and O–H groups in total. The van der Waals surface area contributed by atoms with Crippen molar-refractivity contribution in [2.45, 2.75) is 57.8 Å². The highest BCUT2D eigenvalue weighted by atomic mass is 16.5.